The van der Waals surface area contributed by atoms with Gasteiger partial charge >= 0.3 is 0 Å². The lowest BCUT2D eigenvalue weighted by molar-refractivity contribution is 0.0656. The first-order valence-electron chi connectivity index (χ1n) is 15.2. The van der Waals surface area contributed by atoms with Gasteiger partial charge in [0.1, 0.15) is 11.5 Å². The summed E-state index contributed by atoms with van der Waals surface area (Å²) in [6, 6.07) is 22.1. The average molecular weight is 593 g/mol. The fourth-order valence-corrected chi connectivity index (χ4v) is 6.36. The molecule has 0 radical (unpaired) electrons. The molecule has 220 valence electrons. The molecule has 0 saturated heterocycles. The van der Waals surface area contributed by atoms with Gasteiger partial charge in [-0.15, -0.1) is 0 Å². The molecule has 2 aliphatic heterocycles. The van der Waals surface area contributed by atoms with E-state index >= 15 is 0 Å². The monoisotopic (exact) mass is 592 g/mol. The van der Waals surface area contributed by atoms with Crippen molar-refractivity contribution < 1.29 is 23.9 Å². The average Bonchev–Trinajstić information content (AvgIpc) is 3.39. The largest absolute Gasteiger partial charge is 0.457 e. The van der Waals surface area contributed by atoms with Crippen LogP contribution in [-0.4, -0.2) is 46.5 Å². The Morgan fingerprint density at radius 1 is 0.489 bits per heavy atom. The van der Waals surface area contributed by atoms with E-state index in [0.717, 1.165) is 36.8 Å². The van der Waals surface area contributed by atoms with Crippen molar-refractivity contribution in [3.8, 4) is 11.5 Å². The van der Waals surface area contributed by atoms with Gasteiger partial charge in [-0.05, 0) is 95.5 Å². The lowest BCUT2D eigenvalue weighted by Gasteiger charge is -2.18. The number of imide groups is 2. The van der Waals surface area contributed by atoms with Gasteiger partial charge in [0.05, 0.1) is 22.3 Å². The number of benzene rings is 4. The summed E-state index contributed by atoms with van der Waals surface area (Å²) in [5, 5.41) is 0. The van der Waals surface area contributed by atoms with Crippen molar-refractivity contribution in [3.05, 3.63) is 141 Å². The number of amides is 4. The third-order valence-electron chi connectivity index (χ3n) is 9.10. The van der Waals surface area contributed by atoms with E-state index in [1.54, 1.807) is 36.4 Å². The van der Waals surface area contributed by atoms with Gasteiger partial charge in [-0.25, -0.2) is 0 Å². The van der Waals surface area contributed by atoms with Crippen LogP contribution in [0.15, 0.2) is 84.9 Å². The second kappa shape index (κ2) is 10.6. The minimum Gasteiger partial charge on any atom is -0.457 e. The molecule has 0 spiro atoms. The molecule has 0 unspecified atom stereocenters. The molecular weight excluding hydrogens is 564 g/mol. The van der Waals surface area contributed by atoms with Crippen LogP contribution in [0.5, 0.6) is 11.5 Å². The zero-order valence-corrected chi connectivity index (χ0v) is 24.4. The molecular formula is C38H28N2O5. The van der Waals surface area contributed by atoms with E-state index in [9.17, 15) is 19.2 Å². The number of ether oxygens (including phenoxy) is 1. The van der Waals surface area contributed by atoms with E-state index in [0.29, 0.717) is 22.6 Å². The normalized spacial score (nSPS) is 16.2. The minimum atomic E-state index is -0.384. The molecule has 2 aliphatic carbocycles. The maximum absolute atomic E-state index is 13.2. The van der Waals surface area contributed by atoms with Crippen molar-refractivity contribution in [1.29, 1.82) is 0 Å². The summed E-state index contributed by atoms with van der Waals surface area (Å²) in [6.07, 6.45) is 11.9. The van der Waals surface area contributed by atoms with Gasteiger partial charge in [-0.2, -0.15) is 0 Å². The molecule has 0 fully saturated rings. The van der Waals surface area contributed by atoms with E-state index < -0.39 is 0 Å². The number of fused-ring (bicyclic) bond motifs is 4. The van der Waals surface area contributed by atoms with Crippen LogP contribution >= 0.6 is 0 Å². The van der Waals surface area contributed by atoms with E-state index in [-0.39, 0.29) is 47.8 Å². The maximum atomic E-state index is 13.2. The van der Waals surface area contributed by atoms with Crippen molar-refractivity contribution in [1.82, 2.24) is 9.80 Å². The highest BCUT2D eigenvalue weighted by Crippen LogP contribution is 2.33. The van der Waals surface area contributed by atoms with Crippen LogP contribution < -0.4 is 4.74 Å². The number of nitrogens with zero attached hydrogens (tertiary/aromatic N) is 2. The van der Waals surface area contributed by atoms with Gasteiger partial charge in [0.25, 0.3) is 23.6 Å². The first-order chi connectivity index (χ1) is 21.9. The van der Waals surface area contributed by atoms with Gasteiger partial charge < -0.3 is 4.74 Å². The molecule has 0 saturated carbocycles. The Bertz CT molecular complexity index is 1890. The van der Waals surface area contributed by atoms with E-state index in [1.165, 1.54) is 32.1 Å². The van der Waals surface area contributed by atoms with Crippen molar-refractivity contribution in [3.63, 3.8) is 0 Å². The molecule has 0 N–H and O–H groups in total. The van der Waals surface area contributed by atoms with Crippen molar-refractivity contribution in [2.45, 2.75) is 25.7 Å². The van der Waals surface area contributed by atoms with Gasteiger partial charge in [0, 0.05) is 13.1 Å². The summed E-state index contributed by atoms with van der Waals surface area (Å²) in [6.45, 7) is 0.333. The number of hydrogen-bond acceptors (Lipinski definition) is 5. The number of aryl methyl sites for hydroxylation is 4. The molecule has 4 amide bonds. The molecule has 0 aromatic heterocycles. The molecule has 7 heteroatoms. The molecule has 2 heterocycles. The van der Waals surface area contributed by atoms with Crippen molar-refractivity contribution >= 4 is 35.8 Å². The standard InChI is InChI=1S/C38H28N2O5/c41-35-31-15-13-29(21-33(31)37(43)39(35)17-1-3-23-5-7-25-9-11-27(25)19-23)45-30-14-16-32-34(22-30)38(44)40(36(32)42)18-2-4-24-6-8-26-10-12-28(26)20-24/h1-8,13-16,19-22H,9-12,17-18H2/b3-1+,4-2+. The number of carbonyl (C=O) groups excluding carboxylic acids is 4. The highest BCUT2D eigenvalue weighted by atomic mass is 16.5. The smallest absolute Gasteiger partial charge is 0.261 e. The highest BCUT2D eigenvalue weighted by molar-refractivity contribution is 6.22. The molecule has 4 aliphatic rings. The lowest BCUT2D eigenvalue weighted by Crippen LogP contribution is -2.29. The Hall–Kier alpha value is -5.56. The minimum absolute atomic E-state index is 0.166. The Balaban J connectivity index is 0.935. The summed E-state index contributed by atoms with van der Waals surface area (Å²) in [7, 11) is 0. The highest BCUT2D eigenvalue weighted by Gasteiger charge is 2.36. The second-order valence-electron chi connectivity index (χ2n) is 11.8. The molecule has 8 rings (SSSR count). The van der Waals surface area contributed by atoms with Crippen LogP contribution in [0.25, 0.3) is 12.2 Å². The molecule has 7 nitrogen and oxygen atoms in total. The molecule has 0 bridgehead atoms. The van der Waals surface area contributed by atoms with Crippen LogP contribution in [0.3, 0.4) is 0 Å². The first-order valence-corrected chi connectivity index (χ1v) is 15.2. The Morgan fingerprint density at radius 2 is 0.911 bits per heavy atom. The fraction of sp³-hybridized carbons (Fsp3) is 0.158. The molecule has 4 aromatic rings. The van der Waals surface area contributed by atoms with E-state index in [4.69, 9.17) is 4.74 Å². The second-order valence-corrected chi connectivity index (χ2v) is 11.8. The summed E-state index contributed by atoms with van der Waals surface area (Å²) in [5.41, 5.74) is 8.75. The lowest BCUT2D eigenvalue weighted by atomic mass is 9.87. The van der Waals surface area contributed by atoms with Crippen LogP contribution in [0, 0.1) is 0 Å². The van der Waals surface area contributed by atoms with Crippen LogP contribution in [0.4, 0.5) is 0 Å². The van der Waals surface area contributed by atoms with E-state index in [1.807, 2.05) is 36.4 Å². The topological polar surface area (TPSA) is 84.0 Å². The molecule has 0 atom stereocenters. The summed E-state index contributed by atoms with van der Waals surface area (Å²) in [5.74, 6) is -0.761. The van der Waals surface area contributed by atoms with Crippen LogP contribution in [0.2, 0.25) is 0 Å². The Labute approximate surface area is 260 Å². The third kappa shape index (κ3) is 4.68. The third-order valence-corrected chi connectivity index (χ3v) is 9.10. The number of carbonyl (C=O) groups is 4. The Morgan fingerprint density at radius 3 is 1.31 bits per heavy atom. The molecule has 45 heavy (non-hydrogen) atoms. The quantitative estimate of drug-likeness (QED) is 0.225. The predicted octanol–water partition coefficient (Wildman–Crippen LogP) is 6.29. The van der Waals surface area contributed by atoms with Gasteiger partial charge in [-0.3, -0.25) is 29.0 Å². The van der Waals surface area contributed by atoms with Crippen LogP contribution in [-0.2, 0) is 25.7 Å². The van der Waals surface area contributed by atoms with Gasteiger partial charge in [-0.1, -0.05) is 60.7 Å². The zero-order valence-electron chi connectivity index (χ0n) is 24.4. The van der Waals surface area contributed by atoms with Gasteiger partial charge in [0.15, 0.2) is 0 Å². The van der Waals surface area contributed by atoms with Crippen molar-refractivity contribution in [2.24, 2.45) is 0 Å². The molecule has 4 aromatic carbocycles. The summed E-state index contributed by atoms with van der Waals surface area (Å²) >= 11 is 0. The number of rotatable bonds is 8. The fourth-order valence-electron chi connectivity index (χ4n) is 6.36. The maximum Gasteiger partial charge on any atom is 0.261 e. The van der Waals surface area contributed by atoms with E-state index in [2.05, 4.69) is 24.3 Å². The Kier molecular flexibility index (Phi) is 6.34. The van der Waals surface area contributed by atoms with Crippen molar-refractivity contribution in [2.75, 3.05) is 13.1 Å². The predicted molar refractivity (Wildman–Crippen MR) is 169 cm³/mol. The van der Waals surface area contributed by atoms with Crippen LogP contribution in [0.1, 0.15) is 74.8 Å². The zero-order chi connectivity index (χ0) is 30.7. The SMILES string of the molecule is O=C1c2ccc(Oc3ccc4c(c3)C(=O)N(C/C=C/c3ccc5c(c3)CC5)C4=O)cc2C(=O)N1C/C=C/c1ccc2c(c1)CC2. The first kappa shape index (κ1) is 27.0. The van der Waals surface area contributed by atoms with Gasteiger partial charge in [0.2, 0.25) is 0 Å². The number of hydrogen-bond donors (Lipinski definition) is 0. The summed E-state index contributed by atoms with van der Waals surface area (Å²) < 4.78 is 6.01. The summed E-state index contributed by atoms with van der Waals surface area (Å²) in [4.78, 5) is 54.8.